The molecule has 0 unspecified atom stereocenters. The van der Waals surface area contributed by atoms with Crippen molar-refractivity contribution in [1.82, 2.24) is 0 Å². The Balaban J connectivity index is 2.02. The summed E-state index contributed by atoms with van der Waals surface area (Å²) in [5.74, 6) is -2.07. The molecule has 0 aliphatic rings. The van der Waals surface area contributed by atoms with Crippen LogP contribution < -0.4 is 10.2 Å². The molecule has 1 aromatic carbocycles. The van der Waals surface area contributed by atoms with Crippen LogP contribution in [0, 0.1) is 11.3 Å². The van der Waals surface area contributed by atoms with Crippen molar-refractivity contribution in [3.8, 4) is 6.07 Å². The third-order valence-electron chi connectivity index (χ3n) is 4.28. The number of carbonyl (C=O) groups is 3. The highest BCUT2D eigenvalue weighted by Crippen LogP contribution is 2.29. The van der Waals surface area contributed by atoms with Gasteiger partial charge in [-0.15, -0.1) is 11.3 Å². The SMILES string of the molecule is CCOC(=O)c1cc(CC)sc1NC(=O)COC(=O)/C(C#N)=C/c1ccc(N(C)C)cc1. The minimum Gasteiger partial charge on any atom is -0.462 e. The fourth-order valence-corrected chi connectivity index (χ4v) is 3.61. The summed E-state index contributed by atoms with van der Waals surface area (Å²) in [4.78, 5) is 39.5. The van der Waals surface area contributed by atoms with E-state index in [1.165, 1.54) is 17.4 Å². The number of amides is 1. The molecule has 0 radical (unpaired) electrons. The Morgan fingerprint density at radius 2 is 1.84 bits per heavy atom. The molecule has 0 spiro atoms. The maximum Gasteiger partial charge on any atom is 0.349 e. The van der Waals surface area contributed by atoms with Gasteiger partial charge in [0, 0.05) is 24.7 Å². The molecule has 9 heteroatoms. The van der Waals surface area contributed by atoms with E-state index in [4.69, 9.17) is 9.47 Å². The second kappa shape index (κ2) is 11.7. The number of hydrogen-bond donors (Lipinski definition) is 1. The Bertz CT molecular complexity index is 1050. The fourth-order valence-electron chi connectivity index (χ4n) is 2.61. The van der Waals surface area contributed by atoms with Crippen molar-refractivity contribution in [3.63, 3.8) is 0 Å². The van der Waals surface area contributed by atoms with Crippen LogP contribution in [0.4, 0.5) is 10.7 Å². The van der Waals surface area contributed by atoms with Gasteiger partial charge in [0.25, 0.3) is 5.91 Å². The second-order valence-electron chi connectivity index (χ2n) is 6.81. The van der Waals surface area contributed by atoms with Gasteiger partial charge in [0.1, 0.15) is 16.6 Å². The largest absolute Gasteiger partial charge is 0.462 e. The van der Waals surface area contributed by atoms with E-state index in [2.05, 4.69) is 5.32 Å². The van der Waals surface area contributed by atoms with Crippen LogP contribution in [0.1, 0.15) is 34.6 Å². The van der Waals surface area contributed by atoms with Crippen molar-refractivity contribution in [3.05, 3.63) is 51.9 Å². The predicted molar refractivity (Wildman–Crippen MR) is 124 cm³/mol. The molecule has 1 amide bonds. The van der Waals surface area contributed by atoms with Gasteiger partial charge in [-0.3, -0.25) is 4.79 Å². The van der Waals surface area contributed by atoms with E-state index in [-0.39, 0.29) is 17.7 Å². The van der Waals surface area contributed by atoms with Crippen molar-refractivity contribution < 1.29 is 23.9 Å². The molecule has 0 saturated heterocycles. The van der Waals surface area contributed by atoms with E-state index in [0.29, 0.717) is 17.0 Å². The van der Waals surface area contributed by atoms with Gasteiger partial charge in [0.2, 0.25) is 0 Å². The van der Waals surface area contributed by atoms with Gasteiger partial charge in [0.05, 0.1) is 12.2 Å². The van der Waals surface area contributed by atoms with Crippen molar-refractivity contribution >= 4 is 45.9 Å². The molecule has 0 bridgehead atoms. The van der Waals surface area contributed by atoms with Crippen LogP contribution >= 0.6 is 11.3 Å². The average molecular weight is 456 g/mol. The van der Waals surface area contributed by atoms with Crippen molar-refractivity contribution in [1.29, 1.82) is 5.26 Å². The first-order valence-electron chi connectivity index (χ1n) is 9.95. The zero-order valence-corrected chi connectivity index (χ0v) is 19.2. The number of ether oxygens (including phenoxy) is 2. The van der Waals surface area contributed by atoms with Gasteiger partial charge in [-0.2, -0.15) is 5.26 Å². The maximum atomic E-state index is 12.3. The first-order valence-corrected chi connectivity index (χ1v) is 10.8. The summed E-state index contributed by atoms with van der Waals surface area (Å²) >= 11 is 1.25. The van der Waals surface area contributed by atoms with Gasteiger partial charge < -0.3 is 19.7 Å². The summed E-state index contributed by atoms with van der Waals surface area (Å²) in [5.41, 5.74) is 1.65. The molecule has 0 aliphatic heterocycles. The lowest BCUT2D eigenvalue weighted by Gasteiger charge is -2.11. The predicted octanol–water partition coefficient (Wildman–Crippen LogP) is 3.64. The van der Waals surface area contributed by atoms with Crippen molar-refractivity contribution in [2.45, 2.75) is 20.3 Å². The Kier molecular flexibility index (Phi) is 8.98. The molecule has 2 rings (SSSR count). The molecule has 1 heterocycles. The van der Waals surface area contributed by atoms with Gasteiger partial charge in [-0.1, -0.05) is 19.1 Å². The fraction of sp³-hybridized carbons (Fsp3) is 0.304. The van der Waals surface area contributed by atoms with E-state index in [1.54, 1.807) is 31.2 Å². The first kappa shape index (κ1) is 24.6. The van der Waals surface area contributed by atoms with Gasteiger partial charge in [-0.05, 0) is 43.2 Å². The quantitative estimate of drug-likeness (QED) is 0.349. The van der Waals surface area contributed by atoms with Crippen LogP contribution in [0.5, 0.6) is 0 Å². The zero-order valence-electron chi connectivity index (χ0n) is 18.4. The minimum atomic E-state index is -0.912. The summed E-state index contributed by atoms with van der Waals surface area (Å²) in [6.45, 7) is 3.24. The van der Waals surface area contributed by atoms with Crippen LogP contribution in [0.3, 0.4) is 0 Å². The van der Waals surface area contributed by atoms with E-state index in [1.807, 2.05) is 38.1 Å². The van der Waals surface area contributed by atoms with Gasteiger partial charge in [-0.25, -0.2) is 9.59 Å². The minimum absolute atomic E-state index is 0.211. The number of aryl methyl sites for hydroxylation is 1. The zero-order chi connectivity index (χ0) is 23.7. The number of carbonyl (C=O) groups excluding carboxylic acids is 3. The highest BCUT2D eigenvalue weighted by Gasteiger charge is 2.20. The Morgan fingerprint density at radius 1 is 1.16 bits per heavy atom. The van der Waals surface area contributed by atoms with Crippen molar-refractivity contribution in [2.24, 2.45) is 0 Å². The average Bonchev–Trinajstić information content (AvgIpc) is 3.19. The molecule has 2 aromatic rings. The van der Waals surface area contributed by atoms with Crippen LogP contribution in [0.15, 0.2) is 35.9 Å². The summed E-state index contributed by atoms with van der Waals surface area (Å²) < 4.78 is 10.00. The normalized spacial score (nSPS) is 10.8. The molecule has 168 valence electrons. The lowest BCUT2D eigenvalue weighted by atomic mass is 10.1. The van der Waals surface area contributed by atoms with Gasteiger partial charge >= 0.3 is 11.9 Å². The standard InChI is InChI=1S/C23H25N3O5S/c1-5-18-12-19(23(29)30-6-2)21(32-18)25-20(27)14-31-22(28)16(13-24)11-15-7-9-17(10-8-15)26(3)4/h7-12H,5-6,14H2,1-4H3,(H,25,27)/b16-11+. The van der Waals surface area contributed by atoms with Crippen LogP contribution in [-0.2, 0) is 25.5 Å². The number of rotatable bonds is 9. The molecule has 0 aliphatic carbocycles. The molecule has 1 aromatic heterocycles. The summed E-state index contributed by atoms with van der Waals surface area (Å²) in [5, 5.41) is 12.2. The van der Waals surface area contributed by atoms with Crippen LogP contribution in [0.2, 0.25) is 0 Å². The number of nitrogens with one attached hydrogen (secondary N) is 1. The summed E-state index contributed by atoms with van der Waals surface area (Å²) in [6, 6.07) is 10.7. The van der Waals surface area contributed by atoms with E-state index in [9.17, 15) is 19.6 Å². The molecule has 1 N–H and O–H groups in total. The smallest absolute Gasteiger partial charge is 0.349 e. The molecule has 0 fully saturated rings. The van der Waals surface area contributed by atoms with E-state index in [0.717, 1.165) is 10.6 Å². The number of hydrogen-bond acceptors (Lipinski definition) is 8. The third kappa shape index (κ3) is 6.68. The topological polar surface area (TPSA) is 109 Å². The second-order valence-corrected chi connectivity index (χ2v) is 7.95. The molecular weight excluding hydrogens is 430 g/mol. The highest BCUT2D eigenvalue weighted by atomic mass is 32.1. The summed E-state index contributed by atoms with van der Waals surface area (Å²) in [7, 11) is 3.81. The molecule has 0 atom stereocenters. The monoisotopic (exact) mass is 455 g/mol. The van der Waals surface area contributed by atoms with Crippen LogP contribution in [0.25, 0.3) is 6.08 Å². The third-order valence-corrected chi connectivity index (χ3v) is 5.47. The number of thiophene rings is 1. The molecule has 32 heavy (non-hydrogen) atoms. The molecule has 8 nitrogen and oxygen atoms in total. The number of nitrogens with zero attached hydrogens (tertiary/aromatic N) is 2. The molecule has 0 saturated carbocycles. The Morgan fingerprint density at radius 3 is 2.41 bits per heavy atom. The Labute approximate surface area is 191 Å². The maximum absolute atomic E-state index is 12.3. The lowest BCUT2D eigenvalue weighted by molar-refractivity contribution is -0.142. The number of esters is 2. The van der Waals surface area contributed by atoms with Crippen molar-refractivity contribution in [2.75, 3.05) is 37.5 Å². The van der Waals surface area contributed by atoms with E-state index < -0.39 is 24.5 Å². The summed E-state index contributed by atoms with van der Waals surface area (Å²) in [6.07, 6.45) is 2.08. The Hall–Kier alpha value is -3.64. The van der Waals surface area contributed by atoms with Gasteiger partial charge in [0.15, 0.2) is 6.61 Å². The van der Waals surface area contributed by atoms with E-state index >= 15 is 0 Å². The number of benzene rings is 1. The lowest BCUT2D eigenvalue weighted by Crippen LogP contribution is -2.22. The highest BCUT2D eigenvalue weighted by molar-refractivity contribution is 7.16. The number of nitriles is 1. The molecular formula is C23H25N3O5S. The van der Waals surface area contributed by atoms with Crippen LogP contribution in [-0.4, -0.2) is 45.2 Å². The number of anilines is 2. The first-order chi connectivity index (χ1) is 15.3.